The molecule has 2 amide bonds. The van der Waals surface area contributed by atoms with Gasteiger partial charge in [0.15, 0.2) is 0 Å². The summed E-state index contributed by atoms with van der Waals surface area (Å²) in [6.45, 7) is 9.17. The Bertz CT molecular complexity index is 392. The minimum absolute atomic E-state index is 0.169. The van der Waals surface area contributed by atoms with Crippen LogP contribution in [-0.2, 0) is 9.53 Å². The Morgan fingerprint density at radius 1 is 1.43 bits per heavy atom. The van der Waals surface area contributed by atoms with Crippen LogP contribution in [0.4, 0.5) is 4.79 Å². The van der Waals surface area contributed by atoms with Crippen LogP contribution >= 0.6 is 0 Å². The number of nitrogens with zero attached hydrogens (tertiary/aromatic N) is 1. The van der Waals surface area contributed by atoms with Crippen molar-refractivity contribution in [2.45, 2.75) is 51.7 Å². The summed E-state index contributed by atoms with van der Waals surface area (Å²) in [6.07, 6.45) is 2.33. The third-order valence-corrected chi connectivity index (χ3v) is 3.87. The molecular formula is C15H27N3O3. The summed E-state index contributed by atoms with van der Waals surface area (Å²) in [5.74, 6) is 0.636. The van der Waals surface area contributed by atoms with E-state index in [4.69, 9.17) is 4.74 Å². The van der Waals surface area contributed by atoms with Gasteiger partial charge in [0.1, 0.15) is 5.60 Å². The Morgan fingerprint density at radius 2 is 2.19 bits per heavy atom. The van der Waals surface area contributed by atoms with E-state index in [1.54, 1.807) is 0 Å². The molecule has 0 aromatic heterocycles. The van der Waals surface area contributed by atoms with Crippen molar-refractivity contribution in [1.82, 2.24) is 15.5 Å². The maximum Gasteiger partial charge on any atom is 0.407 e. The van der Waals surface area contributed by atoms with E-state index in [1.165, 1.54) is 0 Å². The number of nitrogens with one attached hydrogen (secondary N) is 2. The normalized spacial score (nSPS) is 26.7. The van der Waals surface area contributed by atoms with E-state index in [0.717, 1.165) is 32.5 Å². The summed E-state index contributed by atoms with van der Waals surface area (Å²) in [5.41, 5.74) is -0.452. The first-order valence-corrected chi connectivity index (χ1v) is 7.80. The molecule has 0 radical (unpaired) electrons. The van der Waals surface area contributed by atoms with Crippen LogP contribution < -0.4 is 10.6 Å². The van der Waals surface area contributed by atoms with E-state index in [9.17, 15) is 9.59 Å². The van der Waals surface area contributed by atoms with Crippen LogP contribution in [0, 0.1) is 5.92 Å². The number of carbonyl (C=O) groups is 2. The van der Waals surface area contributed by atoms with Gasteiger partial charge in [0, 0.05) is 32.1 Å². The standard InChI is InChI=1S/C15H27N3O3/c1-15(2,3)21-14(20)16-8-11-6-7-18(9-11)10-12-4-5-13(19)17-12/h11-12H,4-10H2,1-3H3,(H,16,20)(H,17,19)/t11-,12+/m1/s1. The SMILES string of the molecule is CC(C)(C)OC(=O)NC[C@H]1CCN(C[C@@H]2CCC(=O)N2)C1. The fourth-order valence-corrected chi connectivity index (χ4v) is 2.91. The molecule has 2 saturated heterocycles. The average Bonchev–Trinajstić information content (AvgIpc) is 2.95. The van der Waals surface area contributed by atoms with Crippen LogP contribution in [-0.4, -0.2) is 54.7 Å². The quantitative estimate of drug-likeness (QED) is 0.815. The van der Waals surface area contributed by atoms with Crippen LogP contribution in [0.25, 0.3) is 0 Å². The third kappa shape index (κ3) is 5.53. The highest BCUT2D eigenvalue weighted by Gasteiger charge is 2.28. The number of ether oxygens (including phenoxy) is 1. The molecule has 2 heterocycles. The zero-order valence-electron chi connectivity index (χ0n) is 13.3. The van der Waals surface area contributed by atoms with Crippen molar-refractivity contribution in [3.63, 3.8) is 0 Å². The summed E-state index contributed by atoms with van der Waals surface area (Å²) >= 11 is 0. The Kier molecular flexibility index (Phi) is 5.08. The van der Waals surface area contributed by atoms with Gasteiger partial charge in [-0.15, -0.1) is 0 Å². The molecule has 0 aromatic carbocycles. The van der Waals surface area contributed by atoms with Crippen LogP contribution in [0.2, 0.25) is 0 Å². The summed E-state index contributed by atoms with van der Waals surface area (Å²) < 4.78 is 5.23. The molecule has 2 fully saturated rings. The van der Waals surface area contributed by atoms with Crippen molar-refractivity contribution in [3.05, 3.63) is 0 Å². The van der Waals surface area contributed by atoms with Crippen LogP contribution in [0.15, 0.2) is 0 Å². The van der Waals surface area contributed by atoms with E-state index >= 15 is 0 Å². The fourth-order valence-electron chi connectivity index (χ4n) is 2.91. The molecule has 120 valence electrons. The molecule has 6 nitrogen and oxygen atoms in total. The van der Waals surface area contributed by atoms with E-state index in [0.29, 0.717) is 24.9 Å². The molecule has 2 aliphatic rings. The average molecular weight is 297 g/mol. The van der Waals surface area contributed by atoms with Gasteiger partial charge in [-0.1, -0.05) is 0 Å². The molecule has 0 saturated carbocycles. The second-order valence-corrected chi connectivity index (χ2v) is 7.10. The van der Waals surface area contributed by atoms with Crippen molar-refractivity contribution < 1.29 is 14.3 Å². The first kappa shape index (κ1) is 16.1. The van der Waals surface area contributed by atoms with Gasteiger partial charge in [0.2, 0.25) is 5.91 Å². The van der Waals surface area contributed by atoms with Gasteiger partial charge >= 0.3 is 6.09 Å². The van der Waals surface area contributed by atoms with Gasteiger partial charge < -0.3 is 20.3 Å². The highest BCUT2D eigenvalue weighted by atomic mass is 16.6. The van der Waals surface area contributed by atoms with Gasteiger partial charge in [-0.05, 0) is 46.1 Å². The molecule has 0 aliphatic carbocycles. The molecule has 0 bridgehead atoms. The summed E-state index contributed by atoms with van der Waals surface area (Å²) in [7, 11) is 0. The Morgan fingerprint density at radius 3 is 2.81 bits per heavy atom. The topological polar surface area (TPSA) is 70.7 Å². The lowest BCUT2D eigenvalue weighted by Gasteiger charge is -2.22. The van der Waals surface area contributed by atoms with E-state index in [-0.39, 0.29) is 12.0 Å². The molecule has 2 aliphatic heterocycles. The third-order valence-electron chi connectivity index (χ3n) is 3.87. The maximum atomic E-state index is 11.6. The minimum Gasteiger partial charge on any atom is -0.444 e. The number of hydrogen-bond donors (Lipinski definition) is 2. The van der Waals surface area contributed by atoms with Gasteiger partial charge in [0.05, 0.1) is 0 Å². The highest BCUT2D eigenvalue weighted by molar-refractivity contribution is 5.78. The highest BCUT2D eigenvalue weighted by Crippen LogP contribution is 2.18. The number of rotatable bonds is 4. The second kappa shape index (κ2) is 6.64. The lowest BCUT2D eigenvalue weighted by molar-refractivity contribution is -0.119. The lowest BCUT2D eigenvalue weighted by Crippen LogP contribution is -2.39. The smallest absolute Gasteiger partial charge is 0.407 e. The van der Waals surface area contributed by atoms with E-state index in [2.05, 4.69) is 15.5 Å². The number of carbonyl (C=O) groups excluding carboxylic acids is 2. The zero-order valence-corrected chi connectivity index (χ0v) is 13.3. The molecular weight excluding hydrogens is 270 g/mol. The van der Waals surface area contributed by atoms with E-state index < -0.39 is 5.60 Å². The molecule has 2 atom stereocenters. The largest absolute Gasteiger partial charge is 0.444 e. The van der Waals surface area contributed by atoms with Gasteiger partial charge in [-0.25, -0.2) is 4.79 Å². The summed E-state index contributed by atoms with van der Waals surface area (Å²) in [5, 5.41) is 5.85. The van der Waals surface area contributed by atoms with Crippen LogP contribution in [0.5, 0.6) is 0 Å². The van der Waals surface area contributed by atoms with Crippen molar-refractivity contribution in [2.24, 2.45) is 5.92 Å². The fraction of sp³-hybridized carbons (Fsp3) is 0.867. The van der Waals surface area contributed by atoms with Crippen LogP contribution in [0.3, 0.4) is 0 Å². The molecule has 0 unspecified atom stereocenters. The zero-order chi connectivity index (χ0) is 15.5. The number of amides is 2. The van der Waals surface area contributed by atoms with Crippen molar-refractivity contribution >= 4 is 12.0 Å². The number of likely N-dealkylation sites (tertiary alicyclic amines) is 1. The molecule has 0 spiro atoms. The summed E-state index contributed by atoms with van der Waals surface area (Å²) in [4.78, 5) is 25.2. The maximum absolute atomic E-state index is 11.6. The van der Waals surface area contributed by atoms with Gasteiger partial charge in [-0.2, -0.15) is 0 Å². The van der Waals surface area contributed by atoms with Gasteiger partial charge in [0.25, 0.3) is 0 Å². The molecule has 6 heteroatoms. The molecule has 2 N–H and O–H groups in total. The minimum atomic E-state index is -0.452. The van der Waals surface area contributed by atoms with Crippen molar-refractivity contribution in [3.8, 4) is 0 Å². The van der Waals surface area contributed by atoms with E-state index in [1.807, 2.05) is 20.8 Å². The summed E-state index contributed by atoms with van der Waals surface area (Å²) in [6, 6.07) is 0.301. The predicted octanol–water partition coefficient (Wildman–Crippen LogP) is 1.11. The Labute approximate surface area is 126 Å². The van der Waals surface area contributed by atoms with Crippen molar-refractivity contribution in [1.29, 1.82) is 0 Å². The monoisotopic (exact) mass is 297 g/mol. The lowest BCUT2D eigenvalue weighted by atomic mass is 10.1. The predicted molar refractivity (Wildman–Crippen MR) is 79.9 cm³/mol. The van der Waals surface area contributed by atoms with Crippen molar-refractivity contribution in [2.75, 3.05) is 26.2 Å². The van der Waals surface area contributed by atoms with Crippen LogP contribution in [0.1, 0.15) is 40.0 Å². The Balaban J connectivity index is 1.64. The second-order valence-electron chi connectivity index (χ2n) is 7.10. The molecule has 21 heavy (non-hydrogen) atoms. The number of alkyl carbamates (subject to hydrolysis) is 1. The first-order chi connectivity index (χ1) is 9.82. The number of hydrogen-bond acceptors (Lipinski definition) is 4. The molecule has 0 aromatic rings. The first-order valence-electron chi connectivity index (χ1n) is 7.80. The molecule has 2 rings (SSSR count). The van der Waals surface area contributed by atoms with Gasteiger partial charge in [-0.3, -0.25) is 4.79 Å². The Hall–Kier alpha value is -1.30.